The first kappa shape index (κ1) is 10.8. The Kier molecular flexibility index (Phi) is 2.12. The molecule has 16 heavy (non-hydrogen) atoms. The molecule has 0 radical (unpaired) electrons. The molecule has 0 aliphatic heterocycles. The molecule has 1 nitrogen and oxygen atoms in total. The molecular formula is C15H24O. The first-order chi connectivity index (χ1) is 7.54. The predicted octanol–water partition coefficient (Wildman–Crippen LogP) is 3.39. The molecule has 0 saturated heterocycles. The standard InChI is InChI=1S/C15H24O/c1-10(9-16)5-4-6-14(2)11-7-12-13(8-11)15(12,14)3/h5,11-13,16H,4,6-9H2,1-3H3/b10-5-/t11?,12-,13?,14+,15?/m0/s1. The number of rotatable bonds is 4. The van der Waals surface area contributed by atoms with Crippen molar-refractivity contribution in [1.29, 1.82) is 0 Å². The fraction of sp³-hybridized carbons (Fsp3) is 0.867. The van der Waals surface area contributed by atoms with E-state index in [9.17, 15) is 0 Å². The van der Waals surface area contributed by atoms with Gasteiger partial charge in [-0.1, -0.05) is 25.5 Å². The normalized spacial score (nSPS) is 53.5. The Bertz CT molecular complexity index is 331. The first-order valence-electron chi connectivity index (χ1n) is 6.80. The van der Waals surface area contributed by atoms with Crippen LogP contribution in [0.5, 0.6) is 0 Å². The topological polar surface area (TPSA) is 20.2 Å². The summed E-state index contributed by atoms with van der Waals surface area (Å²) in [5.41, 5.74) is 2.43. The smallest absolute Gasteiger partial charge is 0.0639 e. The zero-order valence-corrected chi connectivity index (χ0v) is 10.8. The molecule has 5 atom stereocenters. The second-order valence-corrected chi connectivity index (χ2v) is 6.83. The molecule has 0 spiro atoms. The van der Waals surface area contributed by atoms with Crippen molar-refractivity contribution in [3.05, 3.63) is 11.6 Å². The highest BCUT2D eigenvalue weighted by Gasteiger charge is 2.80. The van der Waals surface area contributed by atoms with E-state index >= 15 is 0 Å². The molecule has 0 amide bonds. The maximum Gasteiger partial charge on any atom is 0.0639 e. The van der Waals surface area contributed by atoms with Crippen LogP contribution >= 0.6 is 0 Å². The van der Waals surface area contributed by atoms with Crippen LogP contribution in [0.25, 0.3) is 0 Å². The molecule has 0 aromatic rings. The second kappa shape index (κ2) is 3.13. The van der Waals surface area contributed by atoms with Gasteiger partial charge in [0, 0.05) is 0 Å². The minimum absolute atomic E-state index is 0.225. The largest absolute Gasteiger partial charge is 0.392 e. The first-order valence-corrected chi connectivity index (χ1v) is 6.80. The molecule has 4 aliphatic carbocycles. The molecule has 0 heterocycles. The van der Waals surface area contributed by atoms with Crippen molar-refractivity contribution >= 4 is 0 Å². The monoisotopic (exact) mass is 220 g/mol. The van der Waals surface area contributed by atoms with E-state index in [4.69, 9.17) is 5.11 Å². The van der Waals surface area contributed by atoms with E-state index < -0.39 is 0 Å². The molecule has 4 fully saturated rings. The molecule has 4 saturated carbocycles. The van der Waals surface area contributed by atoms with Crippen molar-refractivity contribution in [3.63, 3.8) is 0 Å². The lowest BCUT2D eigenvalue weighted by molar-refractivity contribution is 0.154. The highest BCUT2D eigenvalue weighted by molar-refractivity contribution is 5.29. The summed E-state index contributed by atoms with van der Waals surface area (Å²) in [5.74, 6) is 3.16. The third-order valence-electron chi connectivity index (χ3n) is 6.53. The Hall–Kier alpha value is -0.300. The lowest BCUT2D eigenvalue weighted by Gasteiger charge is -2.34. The van der Waals surface area contributed by atoms with E-state index in [0.717, 1.165) is 29.7 Å². The van der Waals surface area contributed by atoms with Gasteiger partial charge in [0.15, 0.2) is 0 Å². The molecule has 3 unspecified atom stereocenters. The quantitative estimate of drug-likeness (QED) is 0.720. The summed E-state index contributed by atoms with van der Waals surface area (Å²) >= 11 is 0. The van der Waals surface area contributed by atoms with E-state index in [0.29, 0.717) is 10.8 Å². The predicted molar refractivity (Wildman–Crippen MR) is 66.0 cm³/mol. The average molecular weight is 220 g/mol. The maximum atomic E-state index is 8.99. The SMILES string of the molecule is C/C(=C/CC[C@]1(C)C2CC3[C@H](C2)C31C)CO. The molecule has 0 aromatic heterocycles. The van der Waals surface area contributed by atoms with Gasteiger partial charge >= 0.3 is 0 Å². The molecular weight excluding hydrogens is 196 g/mol. The number of hydrogen-bond acceptors (Lipinski definition) is 1. The number of aliphatic hydroxyl groups is 1. The van der Waals surface area contributed by atoms with Gasteiger partial charge in [-0.3, -0.25) is 0 Å². The molecule has 1 N–H and O–H groups in total. The van der Waals surface area contributed by atoms with Crippen molar-refractivity contribution in [2.75, 3.05) is 6.61 Å². The van der Waals surface area contributed by atoms with Gasteiger partial charge in [-0.2, -0.15) is 0 Å². The lowest BCUT2D eigenvalue weighted by Crippen LogP contribution is -2.26. The summed E-state index contributed by atoms with van der Waals surface area (Å²) in [6, 6.07) is 0. The molecule has 90 valence electrons. The number of allylic oxidation sites excluding steroid dienone is 1. The Morgan fingerprint density at radius 1 is 1.31 bits per heavy atom. The summed E-state index contributed by atoms with van der Waals surface area (Å²) in [6.45, 7) is 7.33. The zero-order chi connectivity index (χ0) is 11.6. The van der Waals surface area contributed by atoms with Gasteiger partial charge in [0.25, 0.3) is 0 Å². The van der Waals surface area contributed by atoms with E-state index in [2.05, 4.69) is 19.9 Å². The Labute approximate surface area is 98.9 Å². The second-order valence-electron chi connectivity index (χ2n) is 6.83. The van der Waals surface area contributed by atoms with Crippen LogP contribution in [-0.2, 0) is 0 Å². The van der Waals surface area contributed by atoms with Crippen LogP contribution in [0.2, 0.25) is 0 Å². The Balaban J connectivity index is 1.68. The van der Waals surface area contributed by atoms with Gasteiger partial charge in [0.2, 0.25) is 0 Å². The molecule has 4 rings (SSSR count). The number of aliphatic hydroxyl groups excluding tert-OH is 1. The summed E-state index contributed by atoms with van der Waals surface area (Å²) in [5, 5.41) is 8.99. The average Bonchev–Trinajstić information content (AvgIpc) is 2.62. The van der Waals surface area contributed by atoms with Gasteiger partial charge < -0.3 is 5.11 Å². The minimum Gasteiger partial charge on any atom is -0.392 e. The van der Waals surface area contributed by atoms with Crippen LogP contribution in [0.4, 0.5) is 0 Å². The van der Waals surface area contributed by atoms with Gasteiger partial charge in [-0.05, 0) is 61.2 Å². The van der Waals surface area contributed by atoms with Gasteiger partial charge in [0.05, 0.1) is 6.61 Å². The van der Waals surface area contributed by atoms with Crippen LogP contribution in [0.1, 0.15) is 46.5 Å². The minimum atomic E-state index is 0.225. The van der Waals surface area contributed by atoms with E-state index in [1.807, 2.05) is 6.92 Å². The molecule has 4 aliphatic rings. The summed E-state index contributed by atoms with van der Waals surface area (Å²) in [4.78, 5) is 0. The van der Waals surface area contributed by atoms with Gasteiger partial charge in [0.1, 0.15) is 0 Å². The van der Waals surface area contributed by atoms with Crippen molar-refractivity contribution in [1.82, 2.24) is 0 Å². The van der Waals surface area contributed by atoms with Crippen molar-refractivity contribution < 1.29 is 5.11 Å². The van der Waals surface area contributed by atoms with Crippen molar-refractivity contribution in [2.45, 2.75) is 46.5 Å². The highest BCUT2D eigenvalue weighted by atomic mass is 16.3. The Morgan fingerprint density at radius 3 is 2.38 bits per heavy atom. The van der Waals surface area contributed by atoms with Crippen LogP contribution in [-0.4, -0.2) is 11.7 Å². The van der Waals surface area contributed by atoms with Crippen molar-refractivity contribution in [2.24, 2.45) is 28.6 Å². The molecule has 1 heteroatoms. The lowest BCUT2D eigenvalue weighted by atomic mass is 9.71. The van der Waals surface area contributed by atoms with Crippen LogP contribution in [0.3, 0.4) is 0 Å². The molecule has 0 aromatic carbocycles. The van der Waals surface area contributed by atoms with Crippen LogP contribution in [0, 0.1) is 28.6 Å². The zero-order valence-electron chi connectivity index (χ0n) is 10.8. The molecule has 4 bridgehead atoms. The van der Waals surface area contributed by atoms with Crippen LogP contribution in [0.15, 0.2) is 11.6 Å². The van der Waals surface area contributed by atoms with Crippen LogP contribution < -0.4 is 0 Å². The third-order valence-corrected chi connectivity index (χ3v) is 6.53. The maximum absolute atomic E-state index is 8.99. The third kappa shape index (κ3) is 1.06. The van der Waals surface area contributed by atoms with Crippen molar-refractivity contribution in [3.8, 4) is 0 Å². The Morgan fingerprint density at radius 2 is 1.94 bits per heavy atom. The fourth-order valence-electron chi connectivity index (χ4n) is 5.19. The van der Waals surface area contributed by atoms with E-state index in [1.54, 1.807) is 0 Å². The van der Waals surface area contributed by atoms with E-state index in [-0.39, 0.29) is 6.61 Å². The fourth-order valence-corrected chi connectivity index (χ4v) is 5.19. The highest BCUT2D eigenvalue weighted by Crippen LogP contribution is 2.87. The summed E-state index contributed by atoms with van der Waals surface area (Å²) in [7, 11) is 0. The van der Waals surface area contributed by atoms with Gasteiger partial charge in [-0.25, -0.2) is 0 Å². The van der Waals surface area contributed by atoms with E-state index in [1.165, 1.54) is 19.3 Å². The number of hydrogen-bond donors (Lipinski definition) is 1. The summed E-state index contributed by atoms with van der Waals surface area (Å²) in [6.07, 6.45) is 7.76. The summed E-state index contributed by atoms with van der Waals surface area (Å²) < 4.78 is 0. The van der Waals surface area contributed by atoms with Gasteiger partial charge in [-0.15, -0.1) is 0 Å².